The molecule has 0 saturated carbocycles. The van der Waals surface area contributed by atoms with Gasteiger partial charge in [-0.15, -0.1) is 0 Å². The third-order valence-electron chi connectivity index (χ3n) is 3.13. The molecule has 0 radical (unpaired) electrons. The first-order valence-electron chi connectivity index (χ1n) is 7.37. The summed E-state index contributed by atoms with van der Waals surface area (Å²) in [7, 11) is -5.16. The summed E-state index contributed by atoms with van der Waals surface area (Å²) in [5.74, 6) is 0. The van der Waals surface area contributed by atoms with Crippen LogP contribution in [0.15, 0.2) is 0 Å². The van der Waals surface area contributed by atoms with Crippen LogP contribution in [-0.4, -0.2) is 20.5 Å². The number of hydrogen-bond acceptors (Lipinski definition) is 2. The second kappa shape index (κ2) is 10.4. The summed E-state index contributed by atoms with van der Waals surface area (Å²) in [5, 5.41) is 0. The molecule has 0 rings (SSSR count). The first-order valence-corrected chi connectivity index (χ1v) is 8.85. The molecule has 0 aromatic carbocycles. The van der Waals surface area contributed by atoms with Crippen molar-refractivity contribution in [2.24, 2.45) is 0 Å². The smallest absolute Gasteiger partial charge is 0.207 e. The lowest BCUT2D eigenvalue weighted by molar-refractivity contribution is -0.0447. The zero-order valence-electron chi connectivity index (χ0n) is 12.1. The van der Waals surface area contributed by atoms with Gasteiger partial charge in [-0.05, 0) is 6.42 Å². The number of halogens is 3. The lowest BCUT2D eigenvalue weighted by Gasteiger charge is -2.09. The van der Waals surface area contributed by atoms with E-state index in [2.05, 4.69) is 6.92 Å². The van der Waals surface area contributed by atoms with Crippen molar-refractivity contribution < 1.29 is 21.6 Å². The Morgan fingerprint density at radius 1 is 0.800 bits per heavy atom. The number of unbranched alkanes of at least 4 members (excludes halogenated alkanes) is 9. The van der Waals surface area contributed by atoms with Crippen LogP contribution in [0.2, 0.25) is 0 Å². The first-order chi connectivity index (χ1) is 9.31. The Morgan fingerprint density at radius 2 is 1.20 bits per heavy atom. The van der Waals surface area contributed by atoms with E-state index in [-0.39, 0.29) is 6.54 Å². The summed E-state index contributed by atoms with van der Waals surface area (Å²) in [5.41, 5.74) is -5.20. The topological polar surface area (TPSA) is 46.2 Å². The fourth-order valence-corrected chi connectivity index (χ4v) is 2.48. The van der Waals surface area contributed by atoms with Gasteiger partial charge in [0.2, 0.25) is 0 Å². The molecule has 1 N–H and O–H groups in total. The molecule has 7 heteroatoms. The van der Waals surface area contributed by atoms with Crippen LogP contribution in [0.1, 0.15) is 71.1 Å². The SMILES string of the molecule is CCCCCCCCCCCCNS(=O)(=O)C(F)(F)F. The zero-order valence-corrected chi connectivity index (χ0v) is 13.0. The molecular formula is C13H26F3NO2S. The molecule has 0 heterocycles. The summed E-state index contributed by atoms with van der Waals surface area (Å²) >= 11 is 0. The Balaban J connectivity index is 3.38. The van der Waals surface area contributed by atoms with Crippen molar-refractivity contribution >= 4 is 10.0 Å². The van der Waals surface area contributed by atoms with E-state index in [1.54, 1.807) is 4.72 Å². The lowest BCUT2D eigenvalue weighted by atomic mass is 10.1. The van der Waals surface area contributed by atoms with Gasteiger partial charge in [0.1, 0.15) is 0 Å². The van der Waals surface area contributed by atoms with Gasteiger partial charge >= 0.3 is 15.5 Å². The van der Waals surface area contributed by atoms with Crippen LogP contribution >= 0.6 is 0 Å². The molecule has 0 unspecified atom stereocenters. The highest BCUT2D eigenvalue weighted by molar-refractivity contribution is 7.90. The molecule has 0 aliphatic carbocycles. The standard InChI is InChI=1S/C13H26F3NO2S/c1-2-3-4-5-6-7-8-9-10-11-12-17-20(18,19)13(14,15)16/h17H,2-12H2,1H3. The number of hydrogen-bond donors (Lipinski definition) is 1. The Labute approximate surface area is 120 Å². The molecule has 0 aliphatic heterocycles. The molecule has 0 atom stereocenters. The Kier molecular flexibility index (Phi) is 10.3. The molecule has 0 aromatic rings. The highest BCUT2D eigenvalue weighted by atomic mass is 32.2. The average Bonchev–Trinajstić information content (AvgIpc) is 2.34. The van der Waals surface area contributed by atoms with Gasteiger partial charge in [0.15, 0.2) is 0 Å². The van der Waals surface area contributed by atoms with Crippen LogP contribution in [0, 0.1) is 0 Å². The molecule has 0 spiro atoms. The second-order valence-electron chi connectivity index (χ2n) is 5.03. The molecular weight excluding hydrogens is 291 g/mol. The maximum absolute atomic E-state index is 12.0. The van der Waals surface area contributed by atoms with Gasteiger partial charge in [0.25, 0.3) is 0 Å². The van der Waals surface area contributed by atoms with Crippen molar-refractivity contribution in [3.63, 3.8) is 0 Å². The highest BCUT2D eigenvalue weighted by Crippen LogP contribution is 2.21. The van der Waals surface area contributed by atoms with E-state index in [9.17, 15) is 21.6 Å². The molecule has 0 aromatic heterocycles. The van der Waals surface area contributed by atoms with E-state index in [1.807, 2.05) is 0 Å². The van der Waals surface area contributed by atoms with Crippen molar-refractivity contribution in [1.29, 1.82) is 0 Å². The number of alkyl halides is 3. The van der Waals surface area contributed by atoms with Crippen molar-refractivity contribution in [1.82, 2.24) is 4.72 Å². The van der Waals surface area contributed by atoms with Gasteiger partial charge in [-0.25, -0.2) is 13.1 Å². The fourth-order valence-electron chi connectivity index (χ4n) is 1.90. The maximum atomic E-state index is 12.0. The van der Waals surface area contributed by atoms with E-state index in [0.29, 0.717) is 6.42 Å². The first kappa shape index (κ1) is 19.7. The Morgan fingerprint density at radius 3 is 1.60 bits per heavy atom. The number of nitrogens with one attached hydrogen (secondary N) is 1. The summed E-state index contributed by atoms with van der Waals surface area (Å²) in [4.78, 5) is 0. The van der Waals surface area contributed by atoms with E-state index in [0.717, 1.165) is 25.7 Å². The van der Waals surface area contributed by atoms with Gasteiger partial charge in [0.05, 0.1) is 0 Å². The largest absolute Gasteiger partial charge is 0.511 e. The van der Waals surface area contributed by atoms with Crippen molar-refractivity contribution in [3.05, 3.63) is 0 Å². The molecule has 0 amide bonds. The average molecular weight is 317 g/mol. The van der Waals surface area contributed by atoms with Crippen molar-refractivity contribution in [3.8, 4) is 0 Å². The second-order valence-corrected chi connectivity index (χ2v) is 6.78. The Hall–Kier alpha value is -0.300. The van der Waals surface area contributed by atoms with Crippen LogP contribution in [0.4, 0.5) is 13.2 Å². The lowest BCUT2D eigenvalue weighted by Crippen LogP contribution is -2.36. The van der Waals surface area contributed by atoms with E-state index >= 15 is 0 Å². The summed E-state index contributed by atoms with van der Waals surface area (Å²) in [6.07, 6.45) is 10.6. The summed E-state index contributed by atoms with van der Waals surface area (Å²) in [6.45, 7) is 2.03. The minimum absolute atomic E-state index is 0.141. The normalized spacial score (nSPS) is 12.8. The van der Waals surface area contributed by atoms with E-state index < -0.39 is 15.5 Å². The third kappa shape index (κ3) is 9.58. The molecule has 20 heavy (non-hydrogen) atoms. The number of sulfonamides is 1. The predicted molar refractivity (Wildman–Crippen MR) is 74.8 cm³/mol. The summed E-state index contributed by atoms with van der Waals surface area (Å²) < 4.78 is 58.9. The van der Waals surface area contributed by atoms with Crippen LogP contribution in [-0.2, 0) is 10.0 Å². The quantitative estimate of drug-likeness (QED) is 0.544. The molecule has 3 nitrogen and oxygen atoms in total. The zero-order chi connectivity index (χ0) is 15.5. The van der Waals surface area contributed by atoms with E-state index in [4.69, 9.17) is 0 Å². The van der Waals surface area contributed by atoms with Crippen LogP contribution in [0.25, 0.3) is 0 Å². The van der Waals surface area contributed by atoms with Crippen molar-refractivity contribution in [2.45, 2.75) is 76.6 Å². The minimum Gasteiger partial charge on any atom is -0.207 e. The van der Waals surface area contributed by atoms with Gasteiger partial charge in [-0.3, -0.25) is 0 Å². The van der Waals surface area contributed by atoms with Crippen LogP contribution in [0.3, 0.4) is 0 Å². The highest BCUT2D eigenvalue weighted by Gasteiger charge is 2.45. The van der Waals surface area contributed by atoms with Gasteiger partial charge < -0.3 is 0 Å². The third-order valence-corrected chi connectivity index (χ3v) is 4.32. The molecule has 0 fully saturated rings. The fraction of sp³-hybridized carbons (Fsp3) is 1.00. The van der Waals surface area contributed by atoms with Crippen LogP contribution in [0.5, 0.6) is 0 Å². The van der Waals surface area contributed by atoms with Crippen LogP contribution < -0.4 is 4.72 Å². The predicted octanol–water partition coefficient (Wildman–Crippen LogP) is 4.35. The Bertz CT molecular complexity index is 329. The molecule has 0 bridgehead atoms. The molecule has 122 valence electrons. The van der Waals surface area contributed by atoms with Gasteiger partial charge in [-0.1, -0.05) is 64.7 Å². The molecule has 0 aliphatic rings. The minimum atomic E-state index is -5.20. The number of rotatable bonds is 12. The summed E-state index contributed by atoms with van der Waals surface area (Å²) in [6, 6.07) is 0. The van der Waals surface area contributed by atoms with Crippen molar-refractivity contribution in [2.75, 3.05) is 6.54 Å². The van der Waals surface area contributed by atoms with Gasteiger partial charge in [0, 0.05) is 6.54 Å². The van der Waals surface area contributed by atoms with E-state index in [1.165, 1.54) is 32.1 Å². The maximum Gasteiger partial charge on any atom is 0.511 e. The molecule has 0 saturated heterocycles. The monoisotopic (exact) mass is 317 g/mol. The van der Waals surface area contributed by atoms with Gasteiger partial charge in [-0.2, -0.15) is 13.2 Å².